The molecular formula is C24H37NO5S. The van der Waals surface area contributed by atoms with Crippen LogP contribution < -0.4 is 5.32 Å². The lowest BCUT2D eigenvalue weighted by atomic mass is 10.1. The summed E-state index contributed by atoms with van der Waals surface area (Å²) in [6.45, 7) is 1.92. The highest BCUT2D eigenvalue weighted by atomic mass is 32.2. The number of carbonyl (C=O) groups excluding carboxylic acids is 1. The zero-order chi connectivity index (χ0) is 22.9. The number of rotatable bonds is 18. The number of amides is 1. The fourth-order valence-electron chi connectivity index (χ4n) is 3.30. The number of carbonyl (C=O) groups is 3. The van der Waals surface area contributed by atoms with E-state index in [-0.39, 0.29) is 24.7 Å². The van der Waals surface area contributed by atoms with Gasteiger partial charge in [-0.25, -0.2) is 0 Å². The summed E-state index contributed by atoms with van der Waals surface area (Å²) in [5.74, 6) is -0.721. The van der Waals surface area contributed by atoms with Crippen LogP contribution in [0.2, 0.25) is 0 Å². The van der Waals surface area contributed by atoms with E-state index < -0.39 is 11.9 Å². The number of hydrogen-bond donors (Lipinski definition) is 3. The molecule has 1 aromatic carbocycles. The van der Waals surface area contributed by atoms with E-state index in [1.54, 1.807) is 11.8 Å². The van der Waals surface area contributed by atoms with E-state index in [0.29, 0.717) is 12.2 Å². The molecule has 174 valence electrons. The molecule has 31 heavy (non-hydrogen) atoms. The van der Waals surface area contributed by atoms with Crippen molar-refractivity contribution in [3.63, 3.8) is 0 Å². The summed E-state index contributed by atoms with van der Waals surface area (Å²) >= 11 is 1.58. The van der Waals surface area contributed by atoms with E-state index in [2.05, 4.69) is 5.32 Å². The van der Waals surface area contributed by atoms with Gasteiger partial charge < -0.3 is 15.5 Å². The molecule has 0 aliphatic carbocycles. The molecule has 0 saturated heterocycles. The molecule has 1 rings (SSSR count). The highest BCUT2D eigenvalue weighted by Gasteiger charge is 2.11. The van der Waals surface area contributed by atoms with Crippen LogP contribution in [0, 0.1) is 5.92 Å². The Balaban J connectivity index is 2.16. The van der Waals surface area contributed by atoms with Gasteiger partial charge in [0.15, 0.2) is 0 Å². The van der Waals surface area contributed by atoms with Crippen molar-refractivity contribution in [1.29, 1.82) is 0 Å². The Morgan fingerprint density at radius 2 is 1.39 bits per heavy atom. The Bertz CT molecular complexity index is 680. The van der Waals surface area contributed by atoms with Gasteiger partial charge in [-0.3, -0.25) is 14.4 Å². The molecule has 0 fully saturated rings. The topological polar surface area (TPSA) is 104 Å². The molecule has 0 radical (unpaired) electrons. The van der Waals surface area contributed by atoms with Gasteiger partial charge in [0.1, 0.15) is 0 Å². The van der Waals surface area contributed by atoms with Gasteiger partial charge in [-0.15, -0.1) is 11.8 Å². The fraction of sp³-hybridized carbons (Fsp3) is 0.625. The van der Waals surface area contributed by atoms with E-state index in [0.717, 1.165) is 61.9 Å². The molecule has 6 nitrogen and oxygen atoms in total. The van der Waals surface area contributed by atoms with Crippen molar-refractivity contribution in [2.24, 2.45) is 5.92 Å². The van der Waals surface area contributed by atoms with Gasteiger partial charge in [0, 0.05) is 29.9 Å². The summed E-state index contributed by atoms with van der Waals surface area (Å²) in [6.07, 6.45) is 10.3. The zero-order valence-electron chi connectivity index (χ0n) is 18.6. The van der Waals surface area contributed by atoms with E-state index in [1.807, 2.05) is 31.2 Å². The summed E-state index contributed by atoms with van der Waals surface area (Å²) < 4.78 is 0. The largest absolute Gasteiger partial charge is 0.481 e. The van der Waals surface area contributed by atoms with Crippen LogP contribution in [0.25, 0.3) is 0 Å². The van der Waals surface area contributed by atoms with E-state index in [1.165, 1.54) is 6.42 Å². The zero-order valence-corrected chi connectivity index (χ0v) is 19.4. The molecule has 0 unspecified atom stereocenters. The minimum atomic E-state index is -0.787. The summed E-state index contributed by atoms with van der Waals surface area (Å²) in [7, 11) is 0. The number of benzene rings is 1. The van der Waals surface area contributed by atoms with Crippen molar-refractivity contribution in [2.45, 2.75) is 88.9 Å². The molecule has 1 amide bonds. The third-order valence-corrected chi connectivity index (χ3v) is 6.40. The maximum absolute atomic E-state index is 12.3. The quantitative estimate of drug-likeness (QED) is 0.181. The Morgan fingerprint density at radius 3 is 1.97 bits per heavy atom. The highest BCUT2D eigenvalue weighted by molar-refractivity contribution is 7.99. The summed E-state index contributed by atoms with van der Waals surface area (Å²) in [5, 5.41) is 20.5. The molecule has 1 atom stereocenters. The van der Waals surface area contributed by atoms with Crippen LogP contribution in [-0.2, 0) is 14.4 Å². The first-order valence-electron chi connectivity index (χ1n) is 11.3. The van der Waals surface area contributed by atoms with Gasteiger partial charge in [-0.05, 0) is 30.9 Å². The van der Waals surface area contributed by atoms with Crippen LogP contribution in [0.15, 0.2) is 29.2 Å². The van der Waals surface area contributed by atoms with Gasteiger partial charge in [-0.1, -0.05) is 64.0 Å². The van der Waals surface area contributed by atoms with Gasteiger partial charge in [0.05, 0.1) is 5.69 Å². The summed E-state index contributed by atoms with van der Waals surface area (Å²) in [5.41, 5.74) is 0.794. The van der Waals surface area contributed by atoms with Crippen LogP contribution in [-0.4, -0.2) is 33.8 Å². The van der Waals surface area contributed by atoms with Crippen molar-refractivity contribution >= 4 is 35.3 Å². The fourth-order valence-corrected chi connectivity index (χ4v) is 4.33. The minimum absolute atomic E-state index is 0.0186. The van der Waals surface area contributed by atoms with Crippen LogP contribution in [0.1, 0.15) is 84.0 Å². The third-order valence-electron chi connectivity index (χ3n) is 5.00. The number of aliphatic carboxylic acids is 2. The highest BCUT2D eigenvalue weighted by Crippen LogP contribution is 2.29. The van der Waals surface area contributed by atoms with Gasteiger partial charge >= 0.3 is 11.9 Å². The lowest BCUT2D eigenvalue weighted by Crippen LogP contribution is -2.12. The minimum Gasteiger partial charge on any atom is -0.481 e. The van der Waals surface area contributed by atoms with E-state index in [9.17, 15) is 14.4 Å². The number of thioether (sulfide) groups is 1. The molecule has 0 aromatic heterocycles. The normalized spacial score (nSPS) is 11.8. The Morgan fingerprint density at radius 1 is 0.839 bits per heavy atom. The second kappa shape index (κ2) is 16.6. The number of hydrogen-bond acceptors (Lipinski definition) is 4. The molecule has 0 aliphatic heterocycles. The molecule has 0 bridgehead atoms. The number of nitrogens with one attached hydrogen (secondary N) is 1. The van der Waals surface area contributed by atoms with Crippen molar-refractivity contribution in [3.05, 3.63) is 24.3 Å². The lowest BCUT2D eigenvalue weighted by molar-refractivity contribution is -0.138. The Hall–Kier alpha value is -2.02. The van der Waals surface area contributed by atoms with Crippen LogP contribution in [0.4, 0.5) is 5.69 Å². The van der Waals surface area contributed by atoms with Crippen molar-refractivity contribution in [2.75, 3.05) is 11.1 Å². The van der Waals surface area contributed by atoms with Crippen LogP contribution in [0.3, 0.4) is 0 Å². The van der Waals surface area contributed by atoms with Crippen molar-refractivity contribution < 1.29 is 24.6 Å². The number of carboxylic acid groups (broad SMARTS) is 2. The molecule has 0 saturated carbocycles. The predicted molar refractivity (Wildman–Crippen MR) is 126 cm³/mol. The lowest BCUT2D eigenvalue weighted by Gasteiger charge is -2.13. The standard InChI is InChI=1S/C24H37NO5S/c1-19(17-24(29)30)18-31-21-14-12-11-13-20(21)25-22(26)15-9-7-5-3-2-4-6-8-10-16-23(27)28/h11-14,19H,2-10,15-18H2,1H3,(H,25,26)(H,27,28)(H,29,30)/t19-/m0/s1. The molecule has 0 heterocycles. The monoisotopic (exact) mass is 451 g/mol. The maximum atomic E-state index is 12.3. The predicted octanol–water partition coefficient (Wildman–Crippen LogP) is 6.20. The van der Waals surface area contributed by atoms with Gasteiger partial charge in [0.2, 0.25) is 5.91 Å². The number of anilines is 1. The first-order chi connectivity index (χ1) is 14.9. The molecule has 0 spiro atoms. The van der Waals surface area contributed by atoms with Crippen LogP contribution >= 0.6 is 11.8 Å². The molecule has 1 aromatic rings. The third kappa shape index (κ3) is 14.6. The van der Waals surface area contributed by atoms with E-state index >= 15 is 0 Å². The average Bonchev–Trinajstić information content (AvgIpc) is 2.70. The molecule has 3 N–H and O–H groups in total. The molecule has 7 heteroatoms. The smallest absolute Gasteiger partial charge is 0.303 e. The average molecular weight is 452 g/mol. The van der Waals surface area contributed by atoms with Crippen molar-refractivity contribution in [1.82, 2.24) is 0 Å². The Labute approximate surface area is 190 Å². The Kier molecular flexibility index (Phi) is 14.5. The molecular weight excluding hydrogens is 414 g/mol. The number of carboxylic acids is 2. The number of para-hydroxylation sites is 1. The van der Waals surface area contributed by atoms with E-state index in [4.69, 9.17) is 10.2 Å². The van der Waals surface area contributed by atoms with Gasteiger partial charge in [0.25, 0.3) is 0 Å². The van der Waals surface area contributed by atoms with Gasteiger partial charge in [-0.2, -0.15) is 0 Å². The SMILES string of the molecule is C[C@H](CSc1ccccc1NC(=O)CCCCCCCCCCCC(=O)O)CC(=O)O. The maximum Gasteiger partial charge on any atom is 0.303 e. The van der Waals surface area contributed by atoms with Crippen molar-refractivity contribution in [3.8, 4) is 0 Å². The summed E-state index contributed by atoms with van der Waals surface area (Å²) in [6, 6.07) is 7.65. The second-order valence-corrected chi connectivity index (χ2v) is 9.20. The first-order valence-corrected chi connectivity index (χ1v) is 12.3. The number of unbranched alkanes of at least 4 members (excludes halogenated alkanes) is 8. The van der Waals surface area contributed by atoms with Crippen LogP contribution in [0.5, 0.6) is 0 Å². The second-order valence-electron chi connectivity index (χ2n) is 8.13. The summed E-state index contributed by atoms with van der Waals surface area (Å²) in [4.78, 5) is 34.5. The first kappa shape index (κ1) is 27.0. The molecule has 0 aliphatic rings.